The van der Waals surface area contributed by atoms with Gasteiger partial charge in [0.15, 0.2) is 12.6 Å². The minimum Gasteiger partial charge on any atom is -0.467 e. The van der Waals surface area contributed by atoms with Crippen LogP contribution in [0, 0.1) is 12.8 Å². The van der Waals surface area contributed by atoms with Crippen LogP contribution in [-0.4, -0.2) is 19.7 Å². The number of benzene rings is 2. The van der Waals surface area contributed by atoms with Gasteiger partial charge in [0, 0.05) is 18.0 Å². The molecule has 0 amide bonds. The van der Waals surface area contributed by atoms with Gasteiger partial charge in [-0.05, 0) is 49.0 Å². The van der Waals surface area contributed by atoms with Gasteiger partial charge in [-0.15, -0.1) is 0 Å². The second-order valence-electron chi connectivity index (χ2n) is 7.04. The molecule has 2 aromatic rings. The number of hydrogen-bond donors (Lipinski definition) is 0. The monoisotopic (exact) mass is 394 g/mol. The van der Waals surface area contributed by atoms with Gasteiger partial charge in [0.2, 0.25) is 0 Å². The smallest absolute Gasteiger partial charge is 0.188 e. The Morgan fingerprint density at radius 2 is 2.00 bits per heavy atom. The van der Waals surface area contributed by atoms with E-state index < -0.39 is 0 Å². The SMILES string of the molecule is COCOc1c(CC2C=CC=CC2)cccc1Pc1c(C)cccc1C(C)=O. The number of aryl methyl sites for hydroxylation is 1. The zero-order valence-electron chi connectivity index (χ0n) is 16.7. The Bertz CT molecular complexity index is 899. The van der Waals surface area contributed by atoms with E-state index in [1.54, 1.807) is 14.0 Å². The zero-order chi connectivity index (χ0) is 19.9. The Hall–Kier alpha value is -2.22. The molecule has 0 heterocycles. The van der Waals surface area contributed by atoms with Crippen molar-refractivity contribution in [3.8, 4) is 5.75 Å². The van der Waals surface area contributed by atoms with E-state index in [9.17, 15) is 4.79 Å². The van der Waals surface area contributed by atoms with Gasteiger partial charge in [-0.2, -0.15) is 0 Å². The van der Waals surface area contributed by atoms with Crippen LogP contribution < -0.4 is 15.3 Å². The molecule has 2 atom stereocenters. The molecule has 0 saturated carbocycles. The van der Waals surface area contributed by atoms with Crippen LogP contribution >= 0.6 is 8.58 Å². The van der Waals surface area contributed by atoms with E-state index >= 15 is 0 Å². The molecule has 2 aromatic carbocycles. The fraction of sp³-hybridized carbons (Fsp3) is 0.292. The second kappa shape index (κ2) is 9.82. The lowest BCUT2D eigenvalue weighted by Gasteiger charge is -2.20. The number of carbonyl (C=O) groups excluding carboxylic acids is 1. The Morgan fingerprint density at radius 3 is 2.71 bits per heavy atom. The summed E-state index contributed by atoms with van der Waals surface area (Å²) in [5.74, 6) is 1.46. The van der Waals surface area contributed by atoms with Gasteiger partial charge in [-0.25, -0.2) is 0 Å². The van der Waals surface area contributed by atoms with Crippen LogP contribution in [0.3, 0.4) is 0 Å². The number of methoxy groups -OCH3 is 1. The molecule has 28 heavy (non-hydrogen) atoms. The highest BCUT2D eigenvalue weighted by molar-refractivity contribution is 7.56. The number of allylic oxidation sites excluding steroid dienone is 4. The molecule has 0 spiro atoms. The fourth-order valence-corrected chi connectivity index (χ4v) is 4.93. The van der Waals surface area contributed by atoms with Crippen LogP contribution in [0.15, 0.2) is 60.7 Å². The van der Waals surface area contributed by atoms with Crippen molar-refractivity contribution in [1.82, 2.24) is 0 Å². The molecule has 4 heteroatoms. The maximum Gasteiger partial charge on any atom is 0.188 e. The molecule has 0 saturated heterocycles. The highest BCUT2D eigenvalue weighted by atomic mass is 31.1. The minimum absolute atomic E-state index is 0.0980. The molecule has 0 aliphatic heterocycles. The van der Waals surface area contributed by atoms with Gasteiger partial charge < -0.3 is 9.47 Å². The van der Waals surface area contributed by atoms with Crippen LogP contribution in [0.25, 0.3) is 0 Å². The van der Waals surface area contributed by atoms with Crippen molar-refractivity contribution < 1.29 is 14.3 Å². The van der Waals surface area contributed by atoms with Gasteiger partial charge in [0.1, 0.15) is 5.75 Å². The molecular weight excluding hydrogens is 367 g/mol. The molecule has 2 unspecified atom stereocenters. The van der Waals surface area contributed by atoms with Gasteiger partial charge in [-0.1, -0.05) is 69.3 Å². The highest BCUT2D eigenvalue weighted by Gasteiger charge is 2.17. The highest BCUT2D eigenvalue weighted by Crippen LogP contribution is 2.29. The predicted octanol–water partition coefficient (Wildman–Crippen LogP) is 4.48. The predicted molar refractivity (Wildman–Crippen MR) is 118 cm³/mol. The third kappa shape index (κ3) is 4.98. The number of ketones is 1. The van der Waals surface area contributed by atoms with E-state index in [2.05, 4.69) is 55.5 Å². The van der Waals surface area contributed by atoms with Gasteiger partial charge in [0.25, 0.3) is 0 Å². The second-order valence-corrected chi connectivity index (χ2v) is 8.32. The molecule has 146 valence electrons. The summed E-state index contributed by atoms with van der Waals surface area (Å²) in [6.07, 6.45) is 10.6. The molecular formula is C24H27O3P. The van der Waals surface area contributed by atoms with Crippen molar-refractivity contribution in [2.45, 2.75) is 26.7 Å². The summed E-state index contributed by atoms with van der Waals surface area (Å²) in [4.78, 5) is 12.1. The van der Waals surface area contributed by atoms with E-state index in [-0.39, 0.29) is 12.6 Å². The maximum absolute atomic E-state index is 12.1. The average Bonchev–Trinajstić information content (AvgIpc) is 2.69. The van der Waals surface area contributed by atoms with E-state index in [4.69, 9.17) is 9.47 Å². The van der Waals surface area contributed by atoms with Crippen LogP contribution in [0.1, 0.15) is 34.8 Å². The quantitative estimate of drug-likeness (QED) is 0.376. The van der Waals surface area contributed by atoms with Crippen LogP contribution in [0.4, 0.5) is 0 Å². The van der Waals surface area contributed by atoms with Crippen molar-refractivity contribution in [2.75, 3.05) is 13.9 Å². The topological polar surface area (TPSA) is 35.5 Å². The Kier molecular flexibility index (Phi) is 7.19. The Balaban J connectivity index is 1.96. The summed E-state index contributed by atoms with van der Waals surface area (Å²) in [7, 11) is 1.99. The molecule has 3 rings (SSSR count). The summed E-state index contributed by atoms with van der Waals surface area (Å²) >= 11 is 0. The first-order chi connectivity index (χ1) is 13.6. The minimum atomic E-state index is 0.0980. The van der Waals surface area contributed by atoms with Crippen molar-refractivity contribution in [3.05, 3.63) is 77.4 Å². The van der Waals surface area contributed by atoms with Gasteiger partial charge >= 0.3 is 0 Å². The van der Waals surface area contributed by atoms with Gasteiger partial charge in [-0.3, -0.25) is 4.79 Å². The summed E-state index contributed by atoms with van der Waals surface area (Å²) < 4.78 is 11.2. The van der Waals surface area contributed by atoms with Crippen LogP contribution in [0.5, 0.6) is 5.75 Å². The fourth-order valence-electron chi connectivity index (χ4n) is 3.46. The first-order valence-corrected chi connectivity index (χ1v) is 10.5. The van der Waals surface area contributed by atoms with E-state index in [1.807, 2.05) is 12.1 Å². The lowest BCUT2D eigenvalue weighted by Crippen LogP contribution is -2.18. The molecule has 0 N–H and O–H groups in total. The van der Waals surface area contributed by atoms with E-state index in [0.717, 1.165) is 40.3 Å². The number of rotatable bonds is 8. The number of carbonyl (C=O) groups is 1. The molecule has 1 aliphatic carbocycles. The summed E-state index contributed by atoms with van der Waals surface area (Å²) in [6.45, 7) is 3.90. The van der Waals surface area contributed by atoms with Crippen molar-refractivity contribution in [2.24, 2.45) is 5.92 Å². The molecule has 1 aliphatic rings. The third-order valence-corrected chi connectivity index (χ3v) is 6.46. The summed E-state index contributed by atoms with van der Waals surface area (Å²) in [5, 5.41) is 2.21. The molecule has 0 bridgehead atoms. The van der Waals surface area contributed by atoms with Crippen LogP contribution in [-0.2, 0) is 11.2 Å². The normalized spacial score (nSPS) is 16.0. The number of hydrogen-bond acceptors (Lipinski definition) is 3. The lowest BCUT2D eigenvalue weighted by molar-refractivity contribution is 0.0511. The first-order valence-electron chi connectivity index (χ1n) is 9.54. The average molecular weight is 394 g/mol. The lowest BCUT2D eigenvalue weighted by atomic mass is 9.93. The molecule has 3 nitrogen and oxygen atoms in total. The van der Waals surface area contributed by atoms with Crippen molar-refractivity contribution >= 4 is 25.0 Å². The third-order valence-electron chi connectivity index (χ3n) is 4.88. The van der Waals surface area contributed by atoms with E-state index in [0.29, 0.717) is 14.5 Å². The molecule has 0 radical (unpaired) electrons. The Labute approximate surface area is 169 Å². The number of para-hydroxylation sites is 1. The van der Waals surface area contributed by atoms with Crippen LogP contribution in [0.2, 0.25) is 0 Å². The maximum atomic E-state index is 12.1. The summed E-state index contributed by atoms with van der Waals surface area (Å²) in [6, 6.07) is 12.2. The largest absolute Gasteiger partial charge is 0.467 e. The standard InChI is InChI=1S/C24H27O3P/c1-17-9-7-13-21(18(2)25)24(17)28-22-14-8-12-20(23(22)27-16-26-3)15-19-10-5-4-6-11-19/h4-10,12-14,19,28H,11,15-16H2,1-3H3. The summed E-state index contributed by atoms with van der Waals surface area (Å²) in [5.41, 5.74) is 3.11. The number of ether oxygens (including phenoxy) is 2. The van der Waals surface area contributed by atoms with Gasteiger partial charge in [0.05, 0.1) is 0 Å². The Morgan fingerprint density at radius 1 is 1.18 bits per heavy atom. The molecule has 0 aromatic heterocycles. The van der Waals surface area contributed by atoms with E-state index in [1.165, 1.54) is 5.56 Å². The van der Waals surface area contributed by atoms with Crippen molar-refractivity contribution in [3.63, 3.8) is 0 Å². The molecule has 0 fully saturated rings. The zero-order valence-corrected chi connectivity index (χ0v) is 17.7. The number of Topliss-reactive ketones (excluding diaryl/α,β-unsaturated/α-hetero) is 1. The first kappa shape index (κ1) is 20.5. The van der Waals surface area contributed by atoms with Crippen molar-refractivity contribution in [1.29, 1.82) is 0 Å².